The maximum atomic E-state index is 13.0. The second kappa shape index (κ2) is 4.89. The zero-order valence-corrected chi connectivity index (χ0v) is 9.47. The van der Waals surface area contributed by atoms with E-state index in [9.17, 15) is 9.18 Å². The number of halogens is 2. The molecule has 0 aliphatic carbocycles. The Morgan fingerprint density at radius 1 is 1.67 bits per heavy atom. The van der Waals surface area contributed by atoms with Crippen LogP contribution in [0.3, 0.4) is 0 Å². The molecule has 3 nitrogen and oxygen atoms in total. The molecule has 0 aliphatic rings. The highest BCUT2D eigenvalue weighted by Crippen LogP contribution is 2.21. The highest BCUT2D eigenvalue weighted by atomic mass is 79.9. The van der Waals surface area contributed by atoms with E-state index >= 15 is 0 Å². The van der Waals surface area contributed by atoms with Crippen molar-refractivity contribution in [2.45, 2.75) is 6.92 Å². The van der Waals surface area contributed by atoms with Crippen LogP contribution in [0, 0.1) is 17.1 Å². The molecule has 0 fully saturated rings. The van der Waals surface area contributed by atoms with Crippen LogP contribution >= 0.6 is 15.9 Å². The van der Waals surface area contributed by atoms with Crippen molar-refractivity contribution in [3.05, 3.63) is 33.5 Å². The van der Waals surface area contributed by atoms with E-state index in [-0.39, 0.29) is 22.2 Å². The molecule has 1 aromatic carbocycles. The first-order valence-electron chi connectivity index (χ1n) is 4.16. The third kappa shape index (κ3) is 2.54. The van der Waals surface area contributed by atoms with Crippen LogP contribution in [0.25, 0.3) is 0 Å². The standard InChI is InChI=1S/C10H7BrFNO2/c1-2-15-10(14)7-4-8(11)9(12)3-6(7)5-13/h3-4H,2H2,1H3. The van der Waals surface area contributed by atoms with E-state index in [4.69, 9.17) is 10.00 Å². The molecule has 5 heteroatoms. The van der Waals surface area contributed by atoms with Crippen LogP contribution in [0.15, 0.2) is 16.6 Å². The summed E-state index contributed by atoms with van der Waals surface area (Å²) in [5.74, 6) is -1.21. The first kappa shape index (κ1) is 11.7. The number of hydrogen-bond acceptors (Lipinski definition) is 3. The summed E-state index contributed by atoms with van der Waals surface area (Å²) >= 11 is 2.94. The lowest BCUT2D eigenvalue weighted by Crippen LogP contribution is -2.07. The molecule has 1 rings (SSSR count). The van der Waals surface area contributed by atoms with Gasteiger partial charge in [0, 0.05) is 0 Å². The van der Waals surface area contributed by atoms with Crippen molar-refractivity contribution in [3.8, 4) is 6.07 Å². The minimum absolute atomic E-state index is 0.0332. The first-order valence-corrected chi connectivity index (χ1v) is 4.95. The van der Waals surface area contributed by atoms with Crippen molar-refractivity contribution in [2.24, 2.45) is 0 Å². The van der Waals surface area contributed by atoms with Crippen molar-refractivity contribution in [1.29, 1.82) is 5.26 Å². The summed E-state index contributed by atoms with van der Waals surface area (Å²) in [5.41, 5.74) is 0.0294. The van der Waals surface area contributed by atoms with Gasteiger partial charge in [0.15, 0.2) is 0 Å². The van der Waals surface area contributed by atoms with E-state index in [2.05, 4.69) is 15.9 Å². The third-order valence-electron chi connectivity index (χ3n) is 1.68. The lowest BCUT2D eigenvalue weighted by atomic mass is 10.1. The Labute approximate surface area is 94.6 Å². The molecule has 0 spiro atoms. The molecular formula is C10H7BrFNO2. The molecule has 0 atom stereocenters. The second-order valence-electron chi connectivity index (χ2n) is 2.64. The molecule has 0 amide bonds. The van der Waals surface area contributed by atoms with Crippen molar-refractivity contribution in [2.75, 3.05) is 6.61 Å². The van der Waals surface area contributed by atoms with E-state index in [1.165, 1.54) is 6.07 Å². The number of carbonyl (C=O) groups is 1. The van der Waals surface area contributed by atoms with Crippen LogP contribution in [0.4, 0.5) is 4.39 Å². The van der Waals surface area contributed by atoms with Gasteiger partial charge in [0.1, 0.15) is 11.9 Å². The van der Waals surface area contributed by atoms with Crippen LogP contribution in [0.5, 0.6) is 0 Å². The van der Waals surface area contributed by atoms with Crippen LogP contribution in [-0.2, 0) is 4.74 Å². The Balaban J connectivity index is 3.23. The van der Waals surface area contributed by atoms with E-state index in [1.807, 2.05) is 0 Å². The number of hydrogen-bond donors (Lipinski definition) is 0. The fourth-order valence-electron chi connectivity index (χ4n) is 1.02. The Morgan fingerprint density at radius 2 is 2.33 bits per heavy atom. The highest BCUT2D eigenvalue weighted by molar-refractivity contribution is 9.10. The summed E-state index contributed by atoms with van der Waals surface area (Å²) in [4.78, 5) is 11.4. The highest BCUT2D eigenvalue weighted by Gasteiger charge is 2.15. The van der Waals surface area contributed by atoms with E-state index in [1.54, 1.807) is 13.0 Å². The Hall–Kier alpha value is -1.41. The number of nitriles is 1. The van der Waals surface area contributed by atoms with Gasteiger partial charge in [-0.2, -0.15) is 5.26 Å². The molecule has 0 unspecified atom stereocenters. The molecule has 15 heavy (non-hydrogen) atoms. The number of rotatable bonds is 2. The fraction of sp³-hybridized carbons (Fsp3) is 0.200. The molecule has 1 aromatic rings. The minimum Gasteiger partial charge on any atom is -0.462 e. The molecule has 0 heterocycles. The summed E-state index contributed by atoms with van der Waals surface area (Å²) < 4.78 is 17.9. The minimum atomic E-state index is -0.630. The zero-order valence-electron chi connectivity index (χ0n) is 7.88. The Bertz CT molecular complexity index is 440. The lowest BCUT2D eigenvalue weighted by Gasteiger charge is -2.04. The average Bonchev–Trinajstić information content (AvgIpc) is 2.21. The second-order valence-corrected chi connectivity index (χ2v) is 3.50. The average molecular weight is 272 g/mol. The van der Waals surface area contributed by atoms with E-state index < -0.39 is 11.8 Å². The van der Waals surface area contributed by atoms with Gasteiger partial charge in [-0.05, 0) is 35.0 Å². The largest absolute Gasteiger partial charge is 0.462 e. The van der Waals surface area contributed by atoms with Crippen molar-refractivity contribution in [3.63, 3.8) is 0 Å². The summed E-state index contributed by atoms with van der Waals surface area (Å²) in [6.45, 7) is 1.86. The van der Waals surface area contributed by atoms with Gasteiger partial charge in [-0.3, -0.25) is 0 Å². The van der Waals surface area contributed by atoms with Gasteiger partial charge >= 0.3 is 5.97 Å². The molecule has 0 saturated carbocycles. The summed E-state index contributed by atoms with van der Waals surface area (Å²) in [5, 5.41) is 8.71. The maximum Gasteiger partial charge on any atom is 0.339 e. The van der Waals surface area contributed by atoms with Crippen molar-refractivity contribution >= 4 is 21.9 Å². The summed E-state index contributed by atoms with van der Waals surface area (Å²) in [7, 11) is 0. The number of nitrogens with zero attached hydrogens (tertiary/aromatic N) is 1. The van der Waals surface area contributed by atoms with Crippen LogP contribution in [-0.4, -0.2) is 12.6 Å². The summed E-state index contributed by atoms with van der Waals surface area (Å²) in [6.07, 6.45) is 0. The smallest absolute Gasteiger partial charge is 0.339 e. The summed E-state index contributed by atoms with van der Waals surface area (Å²) in [6, 6.07) is 3.98. The normalized spacial score (nSPS) is 9.47. The zero-order chi connectivity index (χ0) is 11.4. The third-order valence-corrected chi connectivity index (χ3v) is 2.28. The van der Waals surface area contributed by atoms with Gasteiger partial charge in [0.25, 0.3) is 0 Å². The van der Waals surface area contributed by atoms with E-state index in [0.29, 0.717) is 0 Å². The predicted molar refractivity (Wildman–Crippen MR) is 54.8 cm³/mol. The van der Waals surface area contributed by atoms with Gasteiger partial charge in [0.2, 0.25) is 0 Å². The van der Waals surface area contributed by atoms with Gasteiger partial charge in [0.05, 0.1) is 22.2 Å². The molecule has 0 bridgehead atoms. The first-order chi connectivity index (χ1) is 7.10. The molecule has 0 radical (unpaired) electrons. The molecule has 78 valence electrons. The molecular weight excluding hydrogens is 265 g/mol. The fourth-order valence-corrected chi connectivity index (χ4v) is 1.36. The van der Waals surface area contributed by atoms with Crippen LogP contribution in [0.2, 0.25) is 0 Å². The van der Waals surface area contributed by atoms with Gasteiger partial charge in [-0.1, -0.05) is 0 Å². The monoisotopic (exact) mass is 271 g/mol. The molecule has 0 N–H and O–H groups in total. The Kier molecular flexibility index (Phi) is 3.81. The lowest BCUT2D eigenvalue weighted by molar-refractivity contribution is 0.0526. The topological polar surface area (TPSA) is 50.1 Å². The van der Waals surface area contributed by atoms with Crippen molar-refractivity contribution < 1.29 is 13.9 Å². The van der Waals surface area contributed by atoms with E-state index in [0.717, 1.165) is 6.07 Å². The quantitative estimate of drug-likeness (QED) is 0.777. The molecule has 0 aliphatic heterocycles. The number of carbonyl (C=O) groups excluding carboxylic acids is 1. The predicted octanol–water partition coefficient (Wildman–Crippen LogP) is 2.64. The van der Waals surface area contributed by atoms with Gasteiger partial charge in [-0.15, -0.1) is 0 Å². The van der Waals surface area contributed by atoms with Gasteiger partial charge in [-0.25, -0.2) is 9.18 Å². The Morgan fingerprint density at radius 3 is 2.87 bits per heavy atom. The molecule has 0 aromatic heterocycles. The number of esters is 1. The maximum absolute atomic E-state index is 13.0. The van der Waals surface area contributed by atoms with Crippen LogP contribution < -0.4 is 0 Å². The SMILES string of the molecule is CCOC(=O)c1cc(Br)c(F)cc1C#N. The van der Waals surface area contributed by atoms with Crippen LogP contribution in [0.1, 0.15) is 22.8 Å². The number of ether oxygens (including phenoxy) is 1. The molecule has 0 saturated heterocycles. The van der Waals surface area contributed by atoms with Gasteiger partial charge < -0.3 is 4.74 Å². The number of benzene rings is 1. The van der Waals surface area contributed by atoms with Crippen molar-refractivity contribution in [1.82, 2.24) is 0 Å².